The number of pyridine rings is 1. The standard InChI is InChI=1S/C20H18N6O2S/c27-19(28)15-13-29-20(22-15)26-16-6-2-1-5-14(16)18(23-26)25-11-9-24(10-12-25)17-7-3-4-8-21-17/h1-8,13H,9-12H2,(H,27,28). The second kappa shape index (κ2) is 7.17. The summed E-state index contributed by atoms with van der Waals surface area (Å²) in [6.45, 7) is 3.38. The number of rotatable bonds is 4. The van der Waals surface area contributed by atoms with Gasteiger partial charge in [0.15, 0.2) is 11.5 Å². The van der Waals surface area contributed by atoms with Crippen LogP contribution in [-0.2, 0) is 0 Å². The molecule has 0 atom stereocenters. The zero-order chi connectivity index (χ0) is 19.8. The van der Waals surface area contributed by atoms with Gasteiger partial charge >= 0.3 is 5.97 Å². The van der Waals surface area contributed by atoms with Gasteiger partial charge in [-0.25, -0.2) is 19.4 Å². The first-order valence-electron chi connectivity index (χ1n) is 9.28. The van der Waals surface area contributed by atoms with E-state index in [1.807, 2.05) is 48.7 Å². The highest BCUT2D eigenvalue weighted by Crippen LogP contribution is 2.30. The van der Waals surface area contributed by atoms with Crippen molar-refractivity contribution in [2.24, 2.45) is 0 Å². The van der Waals surface area contributed by atoms with Crippen LogP contribution < -0.4 is 9.80 Å². The summed E-state index contributed by atoms with van der Waals surface area (Å²) in [5.74, 6) is 0.856. The number of carboxylic acids is 1. The van der Waals surface area contributed by atoms with Crippen molar-refractivity contribution in [1.29, 1.82) is 0 Å². The van der Waals surface area contributed by atoms with Gasteiger partial charge in [0.25, 0.3) is 0 Å². The average molecular weight is 406 g/mol. The Labute approximate surface area is 170 Å². The van der Waals surface area contributed by atoms with E-state index in [4.69, 9.17) is 5.10 Å². The number of aromatic nitrogens is 4. The molecule has 0 spiro atoms. The van der Waals surface area contributed by atoms with Gasteiger partial charge in [0.2, 0.25) is 5.13 Å². The summed E-state index contributed by atoms with van der Waals surface area (Å²) >= 11 is 1.28. The predicted molar refractivity (Wildman–Crippen MR) is 112 cm³/mol. The Morgan fingerprint density at radius 3 is 2.48 bits per heavy atom. The first-order valence-corrected chi connectivity index (χ1v) is 10.2. The summed E-state index contributed by atoms with van der Waals surface area (Å²) in [7, 11) is 0. The van der Waals surface area contributed by atoms with Crippen LogP contribution in [-0.4, -0.2) is 57.0 Å². The molecule has 1 N–H and O–H groups in total. The third kappa shape index (κ3) is 3.19. The number of anilines is 2. The molecule has 4 heterocycles. The van der Waals surface area contributed by atoms with E-state index in [0.29, 0.717) is 5.13 Å². The second-order valence-electron chi connectivity index (χ2n) is 6.74. The van der Waals surface area contributed by atoms with Crippen LogP contribution in [0.5, 0.6) is 0 Å². The molecule has 8 nitrogen and oxygen atoms in total. The van der Waals surface area contributed by atoms with Crippen molar-refractivity contribution in [2.45, 2.75) is 0 Å². The highest BCUT2D eigenvalue weighted by molar-refractivity contribution is 7.12. The lowest BCUT2D eigenvalue weighted by atomic mass is 10.2. The maximum atomic E-state index is 11.2. The van der Waals surface area contributed by atoms with Crippen LogP contribution in [0.3, 0.4) is 0 Å². The molecular formula is C20H18N6O2S. The monoisotopic (exact) mass is 406 g/mol. The Morgan fingerprint density at radius 2 is 1.76 bits per heavy atom. The molecule has 146 valence electrons. The van der Waals surface area contributed by atoms with Crippen molar-refractivity contribution >= 4 is 39.8 Å². The second-order valence-corrected chi connectivity index (χ2v) is 7.57. The van der Waals surface area contributed by atoms with Gasteiger partial charge in [-0.3, -0.25) is 0 Å². The Bertz CT molecular complexity index is 1160. The largest absolute Gasteiger partial charge is 0.476 e. The topological polar surface area (TPSA) is 87.4 Å². The maximum Gasteiger partial charge on any atom is 0.355 e. The summed E-state index contributed by atoms with van der Waals surface area (Å²) in [6.07, 6.45) is 1.82. The van der Waals surface area contributed by atoms with Gasteiger partial charge in [-0.2, -0.15) is 0 Å². The Kier molecular flexibility index (Phi) is 4.36. The first-order chi connectivity index (χ1) is 14.2. The smallest absolute Gasteiger partial charge is 0.355 e. The van der Waals surface area contributed by atoms with Crippen LogP contribution in [0, 0.1) is 0 Å². The van der Waals surface area contributed by atoms with E-state index >= 15 is 0 Å². The zero-order valence-electron chi connectivity index (χ0n) is 15.5. The lowest BCUT2D eigenvalue weighted by Crippen LogP contribution is -2.47. The average Bonchev–Trinajstić information content (AvgIpc) is 3.40. The van der Waals surface area contributed by atoms with Crippen LogP contribution in [0.25, 0.3) is 16.0 Å². The van der Waals surface area contributed by atoms with Crippen LogP contribution >= 0.6 is 11.3 Å². The number of piperazine rings is 1. The van der Waals surface area contributed by atoms with Gasteiger partial charge in [0.1, 0.15) is 5.82 Å². The minimum absolute atomic E-state index is 0.0371. The summed E-state index contributed by atoms with van der Waals surface area (Å²) < 4.78 is 1.74. The maximum absolute atomic E-state index is 11.2. The predicted octanol–water partition coefficient (Wildman–Crippen LogP) is 2.90. The third-order valence-electron chi connectivity index (χ3n) is 5.01. The molecule has 1 aromatic carbocycles. The highest BCUT2D eigenvalue weighted by Gasteiger charge is 2.24. The van der Waals surface area contributed by atoms with Gasteiger partial charge in [0.05, 0.1) is 5.52 Å². The first kappa shape index (κ1) is 17.6. The normalized spacial score (nSPS) is 14.5. The molecule has 3 aromatic heterocycles. The van der Waals surface area contributed by atoms with E-state index in [1.54, 1.807) is 10.1 Å². The van der Waals surface area contributed by atoms with Crippen LogP contribution in [0.1, 0.15) is 10.5 Å². The Balaban J connectivity index is 1.46. The van der Waals surface area contributed by atoms with Crippen LogP contribution in [0.15, 0.2) is 54.0 Å². The molecule has 1 fully saturated rings. The number of aromatic carboxylic acids is 1. The summed E-state index contributed by atoms with van der Waals surface area (Å²) in [4.78, 5) is 24.4. The molecule has 29 heavy (non-hydrogen) atoms. The molecule has 1 saturated heterocycles. The molecule has 5 rings (SSSR count). The van der Waals surface area contributed by atoms with Crippen LogP contribution in [0.2, 0.25) is 0 Å². The number of fused-ring (bicyclic) bond motifs is 1. The van der Waals surface area contributed by atoms with E-state index in [0.717, 1.165) is 48.7 Å². The SMILES string of the molecule is O=C(O)c1csc(-n2nc(N3CCN(c4ccccn4)CC3)c3ccccc32)n1. The number of hydrogen-bond acceptors (Lipinski definition) is 7. The molecular weight excluding hydrogens is 388 g/mol. The number of thiazole rings is 1. The zero-order valence-corrected chi connectivity index (χ0v) is 16.3. The number of nitrogens with zero attached hydrogens (tertiary/aromatic N) is 6. The van der Waals surface area contributed by atoms with Gasteiger partial charge in [-0.05, 0) is 24.3 Å². The highest BCUT2D eigenvalue weighted by atomic mass is 32.1. The molecule has 0 radical (unpaired) electrons. The number of hydrogen-bond donors (Lipinski definition) is 1. The van der Waals surface area contributed by atoms with E-state index in [9.17, 15) is 9.90 Å². The van der Waals surface area contributed by atoms with Crippen molar-refractivity contribution in [2.75, 3.05) is 36.0 Å². The molecule has 0 amide bonds. The number of para-hydroxylation sites is 1. The van der Waals surface area contributed by atoms with Gasteiger partial charge in [-0.1, -0.05) is 18.2 Å². The van der Waals surface area contributed by atoms with Gasteiger partial charge < -0.3 is 14.9 Å². The van der Waals surface area contributed by atoms with Crippen molar-refractivity contribution in [3.63, 3.8) is 0 Å². The van der Waals surface area contributed by atoms with Gasteiger partial charge in [-0.15, -0.1) is 16.4 Å². The third-order valence-corrected chi connectivity index (χ3v) is 5.83. The van der Waals surface area contributed by atoms with Crippen molar-refractivity contribution in [1.82, 2.24) is 19.7 Å². The molecule has 1 aliphatic rings. The Hall–Kier alpha value is -3.46. The molecule has 0 aliphatic carbocycles. The number of carboxylic acid groups (broad SMARTS) is 1. The summed E-state index contributed by atoms with van der Waals surface area (Å²) in [5, 5.41) is 17.1. The molecule has 0 bridgehead atoms. The van der Waals surface area contributed by atoms with Gasteiger partial charge in [0, 0.05) is 43.1 Å². The molecule has 0 saturated carbocycles. The lowest BCUT2D eigenvalue weighted by molar-refractivity contribution is 0.0691. The van der Waals surface area contributed by atoms with E-state index in [2.05, 4.69) is 19.8 Å². The molecule has 4 aromatic rings. The summed E-state index contributed by atoms with van der Waals surface area (Å²) in [6, 6.07) is 13.9. The van der Waals surface area contributed by atoms with E-state index < -0.39 is 5.97 Å². The Morgan fingerprint density at radius 1 is 1.00 bits per heavy atom. The fourth-order valence-corrected chi connectivity index (χ4v) is 4.34. The van der Waals surface area contributed by atoms with Crippen LogP contribution in [0.4, 0.5) is 11.6 Å². The fraction of sp³-hybridized carbons (Fsp3) is 0.200. The summed E-state index contributed by atoms with van der Waals surface area (Å²) in [5.41, 5.74) is 0.955. The van der Waals surface area contributed by atoms with E-state index in [-0.39, 0.29) is 5.69 Å². The quantitative estimate of drug-likeness (QED) is 0.557. The van der Waals surface area contributed by atoms with E-state index in [1.165, 1.54) is 11.3 Å². The molecule has 9 heteroatoms. The van der Waals surface area contributed by atoms with Crippen molar-refractivity contribution in [3.05, 3.63) is 59.7 Å². The fourth-order valence-electron chi connectivity index (χ4n) is 3.58. The minimum atomic E-state index is -1.03. The number of benzene rings is 1. The lowest BCUT2D eigenvalue weighted by Gasteiger charge is -2.35. The number of carbonyl (C=O) groups is 1. The minimum Gasteiger partial charge on any atom is -0.476 e. The molecule has 0 unspecified atom stereocenters. The molecule has 1 aliphatic heterocycles. The van der Waals surface area contributed by atoms with Crippen molar-refractivity contribution < 1.29 is 9.90 Å². The van der Waals surface area contributed by atoms with Crippen molar-refractivity contribution in [3.8, 4) is 5.13 Å².